The largest absolute Gasteiger partial charge is 0.341 e. The highest BCUT2D eigenvalue weighted by atomic mass is 15.0. The van der Waals surface area contributed by atoms with Gasteiger partial charge >= 0.3 is 0 Å². The lowest BCUT2D eigenvalue weighted by Gasteiger charge is -2.11. The second-order valence-corrected chi connectivity index (χ2v) is 5.94. The third-order valence-corrected chi connectivity index (χ3v) is 3.75. The van der Waals surface area contributed by atoms with E-state index in [0.29, 0.717) is 5.92 Å². The number of hydrogen-bond donors (Lipinski definition) is 2. The van der Waals surface area contributed by atoms with Gasteiger partial charge in [0, 0.05) is 5.56 Å². The van der Waals surface area contributed by atoms with Crippen LogP contribution in [0.1, 0.15) is 32.1 Å². The monoisotopic (exact) mass is 279 g/mol. The summed E-state index contributed by atoms with van der Waals surface area (Å²) < 4.78 is 0. The van der Waals surface area contributed by atoms with Crippen molar-refractivity contribution < 1.29 is 0 Å². The predicted octanol–water partition coefficient (Wildman–Crippen LogP) is 4.28. The Balaban J connectivity index is 1.99. The maximum absolute atomic E-state index is 6.21. The minimum atomic E-state index is -0.0336. The van der Waals surface area contributed by atoms with E-state index < -0.39 is 0 Å². The standard InChI is InChI=1S/C18H21N3/c1-12(2)10-16(19)18-20-11-17(21-18)15-9-5-7-13-6-3-4-8-14(13)15/h3-9,11-12,16H,10,19H2,1-2H3,(H,20,21). The van der Waals surface area contributed by atoms with Crippen molar-refractivity contribution in [2.75, 3.05) is 0 Å². The quantitative estimate of drug-likeness (QED) is 0.749. The molecule has 108 valence electrons. The summed E-state index contributed by atoms with van der Waals surface area (Å²) in [5, 5.41) is 2.46. The van der Waals surface area contributed by atoms with E-state index in [4.69, 9.17) is 5.73 Å². The van der Waals surface area contributed by atoms with Crippen molar-refractivity contribution in [3.05, 3.63) is 54.5 Å². The Hall–Kier alpha value is -2.13. The summed E-state index contributed by atoms with van der Waals surface area (Å²) in [5.74, 6) is 1.43. The molecule has 0 aliphatic carbocycles. The fourth-order valence-electron chi connectivity index (χ4n) is 2.74. The van der Waals surface area contributed by atoms with Gasteiger partial charge in [0.05, 0.1) is 17.9 Å². The highest BCUT2D eigenvalue weighted by Gasteiger charge is 2.13. The van der Waals surface area contributed by atoms with E-state index >= 15 is 0 Å². The smallest absolute Gasteiger partial charge is 0.123 e. The molecule has 0 bridgehead atoms. The number of nitrogens with two attached hydrogens (primary N) is 1. The molecule has 3 N–H and O–H groups in total. The summed E-state index contributed by atoms with van der Waals surface area (Å²) >= 11 is 0. The van der Waals surface area contributed by atoms with Crippen molar-refractivity contribution in [2.24, 2.45) is 11.7 Å². The van der Waals surface area contributed by atoms with Crippen molar-refractivity contribution >= 4 is 10.8 Å². The van der Waals surface area contributed by atoms with Crippen LogP contribution in [-0.4, -0.2) is 9.97 Å². The van der Waals surface area contributed by atoms with E-state index in [-0.39, 0.29) is 6.04 Å². The number of imidazole rings is 1. The van der Waals surface area contributed by atoms with E-state index in [9.17, 15) is 0 Å². The summed E-state index contributed by atoms with van der Waals surface area (Å²) in [4.78, 5) is 7.86. The van der Waals surface area contributed by atoms with Gasteiger partial charge in [0.25, 0.3) is 0 Å². The van der Waals surface area contributed by atoms with E-state index in [1.807, 2.05) is 6.20 Å². The molecule has 0 amide bonds. The van der Waals surface area contributed by atoms with E-state index in [2.05, 4.69) is 66.3 Å². The lowest BCUT2D eigenvalue weighted by atomic mass is 10.0. The van der Waals surface area contributed by atoms with E-state index in [0.717, 1.165) is 17.9 Å². The Morgan fingerprint density at radius 1 is 1.10 bits per heavy atom. The molecular formula is C18H21N3. The van der Waals surface area contributed by atoms with Gasteiger partial charge in [0.1, 0.15) is 5.82 Å². The average Bonchev–Trinajstić information content (AvgIpc) is 2.95. The number of aromatic nitrogens is 2. The summed E-state index contributed by atoms with van der Waals surface area (Å²) in [6, 6.07) is 14.7. The first kappa shape index (κ1) is 13.8. The minimum absolute atomic E-state index is 0.0336. The lowest BCUT2D eigenvalue weighted by molar-refractivity contribution is 0.496. The van der Waals surface area contributed by atoms with Gasteiger partial charge in [-0.25, -0.2) is 4.98 Å². The molecule has 0 spiro atoms. The average molecular weight is 279 g/mol. The SMILES string of the molecule is CC(C)CC(N)c1ncc(-c2cccc3ccccc23)[nH]1. The third kappa shape index (κ3) is 2.83. The molecule has 3 rings (SSSR count). The molecule has 2 aromatic carbocycles. The molecule has 0 aliphatic rings. The molecule has 21 heavy (non-hydrogen) atoms. The maximum Gasteiger partial charge on any atom is 0.123 e. The lowest BCUT2D eigenvalue weighted by Crippen LogP contribution is -2.14. The molecule has 3 aromatic rings. The zero-order valence-electron chi connectivity index (χ0n) is 12.5. The van der Waals surface area contributed by atoms with Crippen LogP contribution in [0.4, 0.5) is 0 Å². The second-order valence-electron chi connectivity index (χ2n) is 5.94. The Morgan fingerprint density at radius 3 is 2.67 bits per heavy atom. The van der Waals surface area contributed by atoms with Crippen LogP contribution in [0.2, 0.25) is 0 Å². The molecular weight excluding hydrogens is 258 g/mol. The number of nitrogens with one attached hydrogen (secondary N) is 1. The Labute approximate surface area is 125 Å². The summed E-state index contributed by atoms with van der Waals surface area (Å²) in [7, 11) is 0. The van der Waals surface area contributed by atoms with Gasteiger partial charge in [0.2, 0.25) is 0 Å². The van der Waals surface area contributed by atoms with Gasteiger partial charge < -0.3 is 10.7 Å². The molecule has 0 saturated heterocycles. The molecule has 0 fully saturated rings. The van der Waals surface area contributed by atoms with Crippen molar-refractivity contribution in [1.82, 2.24) is 9.97 Å². The molecule has 3 heteroatoms. The van der Waals surface area contributed by atoms with Gasteiger partial charge in [-0.2, -0.15) is 0 Å². The van der Waals surface area contributed by atoms with Crippen molar-refractivity contribution in [3.63, 3.8) is 0 Å². The minimum Gasteiger partial charge on any atom is -0.341 e. The predicted molar refractivity (Wildman–Crippen MR) is 87.9 cm³/mol. The number of fused-ring (bicyclic) bond motifs is 1. The molecule has 0 saturated carbocycles. The van der Waals surface area contributed by atoms with Crippen LogP contribution in [0.15, 0.2) is 48.7 Å². The Morgan fingerprint density at radius 2 is 1.86 bits per heavy atom. The topological polar surface area (TPSA) is 54.7 Å². The first-order valence-corrected chi connectivity index (χ1v) is 7.44. The zero-order chi connectivity index (χ0) is 14.8. The third-order valence-electron chi connectivity index (χ3n) is 3.75. The molecule has 0 radical (unpaired) electrons. The molecule has 0 aliphatic heterocycles. The van der Waals surface area contributed by atoms with Gasteiger partial charge in [-0.1, -0.05) is 56.3 Å². The summed E-state index contributed by atoms with van der Waals surface area (Å²) in [6.45, 7) is 4.35. The number of nitrogens with zero attached hydrogens (tertiary/aromatic N) is 1. The van der Waals surface area contributed by atoms with Crippen LogP contribution in [0, 0.1) is 5.92 Å². The van der Waals surface area contributed by atoms with Crippen LogP contribution in [0.3, 0.4) is 0 Å². The molecule has 1 unspecified atom stereocenters. The highest BCUT2D eigenvalue weighted by molar-refractivity contribution is 5.95. The Kier molecular flexibility index (Phi) is 3.76. The number of H-pyrrole nitrogens is 1. The number of rotatable bonds is 4. The van der Waals surface area contributed by atoms with Gasteiger partial charge in [-0.15, -0.1) is 0 Å². The van der Waals surface area contributed by atoms with Crippen molar-refractivity contribution in [1.29, 1.82) is 0 Å². The highest BCUT2D eigenvalue weighted by Crippen LogP contribution is 2.28. The first-order valence-electron chi connectivity index (χ1n) is 7.44. The molecule has 1 atom stereocenters. The number of hydrogen-bond acceptors (Lipinski definition) is 2. The molecule has 1 aromatic heterocycles. The maximum atomic E-state index is 6.21. The fraction of sp³-hybridized carbons (Fsp3) is 0.278. The van der Waals surface area contributed by atoms with Crippen LogP contribution >= 0.6 is 0 Å². The van der Waals surface area contributed by atoms with E-state index in [1.165, 1.54) is 16.3 Å². The van der Waals surface area contributed by atoms with Crippen molar-refractivity contribution in [2.45, 2.75) is 26.3 Å². The van der Waals surface area contributed by atoms with Gasteiger partial charge in [-0.05, 0) is 23.1 Å². The van der Waals surface area contributed by atoms with Crippen LogP contribution < -0.4 is 5.73 Å². The Bertz CT molecular complexity index is 738. The van der Waals surface area contributed by atoms with Crippen LogP contribution in [0.25, 0.3) is 22.0 Å². The normalized spacial score (nSPS) is 13.0. The molecule has 1 heterocycles. The van der Waals surface area contributed by atoms with Crippen molar-refractivity contribution in [3.8, 4) is 11.3 Å². The number of benzene rings is 2. The zero-order valence-corrected chi connectivity index (χ0v) is 12.5. The van der Waals surface area contributed by atoms with Gasteiger partial charge in [0.15, 0.2) is 0 Å². The van der Waals surface area contributed by atoms with Crippen LogP contribution in [0.5, 0.6) is 0 Å². The van der Waals surface area contributed by atoms with E-state index in [1.54, 1.807) is 0 Å². The number of aromatic amines is 1. The summed E-state index contributed by atoms with van der Waals surface area (Å²) in [5.41, 5.74) is 8.40. The summed E-state index contributed by atoms with van der Waals surface area (Å²) in [6.07, 6.45) is 2.82. The first-order chi connectivity index (χ1) is 10.1. The second kappa shape index (κ2) is 5.70. The molecule has 3 nitrogen and oxygen atoms in total. The van der Waals surface area contributed by atoms with Crippen LogP contribution in [-0.2, 0) is 0 Å². The fourth-order valence-corrected chi connectivity index (χ4v) is 2.74. The van der Waals surface area contributed by atoms with Gasteiger partial charge in [-0.3, -0.25) is 0 Å².